The average Bonchev–Trinajstić information content (AvgIpc) is 2.41. The number of aromatic nitrogens is 1. The quantitative estimate of drug-likeness (QED) is 0.696. The molecule has 0 radical (unpaired) electrons. The van der Waals surface area contributed by atoms with Gasteiger partial charge in [-0.25, -0.2) is 4.98 Å². The van der Waals surface area contributed by atoms with Crippen LogP contribution in [0.3, 0.4) is 0 Å². The van der Waals surface area contributed by atoms with E-state index < -0.39 is 11.9 Å². The number of nitrogens with zero attached hydrogens (tertiary/aromatic N) is 1. The molecule has 0 saturated heterocycles. The van der Waals surface area contributed by atoms with Crippen LogP contribution in [0.2, 0.25) is 0 Å². The highest BCUT2D eigenvalue weighted by molar-refractivity contribution is 6.00. The third-order valence-electron chi connectivity index (χ3n) is 2.85. The molecular formula is C14H22N4O2. The summed E-state index contributed by atoms with van der Waals surface area (Å²) in [7, 11) is 0. The SMILES string of the molecule is CCCNc1ncccc1C(=O)NC(C(N)=O)C(C)C. The van der Waals surface area contributed by atoms with Crippen molar-refractivity contribution in [1.29, 1.82) is 0 Å². The Kier molecular flexibility index (Phi) is 5.96. The molecule has 6 nitrogen and oxygen atoms in total. The molecule has 20 heavy (non-hydrogen) atoms. The van der Waals surface area contributed by atoms with Gasteiger partial charge in [0.25, 0.3) is 5.91 Å². The Morgan fingerprint density at radius 2 is 2.10 bits per heavy atom. The lowest BCUT2D eigenvalue weighted by atomic mass is 10.0. The van der Waals surface area contributed by atoms with Gasteiger partial charge < -0.3 is 16.4 Å². The van der Waals surface area contributed by atoms with Crippen LogP contribution in [0, 0.1) is 5.92 Å². The first-order chi connectivity index (χ1) is 9.47. The molecule has 1 heterocycles. The van der Waals surface area contributed by atoms with Gasteiger partial charge in [-0.1, -0.05) is 20.8 Å². The average molecular weight is 278 g/mol. The molecule has 0 aliphatic heterocycles. The number of nitrogens with two attached hydrogens (primary N) is 1. The molecule has 0 saturated carbocycles. The second kappa shape index (κ2) is 7.47. The third-order valence-corrected chi connectivity index (χ3v) is 2.85. The lowest BCUT2D eigenvalue weighted by molar-refractivity contribution is -0.120. The standard InChI is InChI=1S/C14H22N4O2/c1-4-7-16-13-10(6-5-8-17-13)14(20)18-11(9(2)3)12(15)19/h5-6,8-9,11H,4,7H2,1-3H3,(H2,15,19)(H,16,17)(H,18,20). The van der Waals surface area contributed by atoms with Crippen molar-refractivity contribution in [1.82, 2.24) is 10.3 Å². The first kappa shape index (κ1) is 15.9. The van der Waals surface area contributed by atoms with Crippen molar-refractivity contribution in [2.75, 3.05) is 11.9 Å². The highest BCUT2D eigenvalue weighted by atomic mass is 16.2. The van der Waals surface area contributed by atoms with Crippen LogP contribution in [0.1, 0.15) is 37.6 Å². The molecule has 0 fully saturated rings. The molecule has 1 aromatic heterocycles. The van der Waals surface area contributed by atoms with Gasteiger partial charge in [-0.2, -0.15) is 0 Å². The molecule has 1 aromatic rings. The molecule has 0 spiro atoms. The van der Waals surface area contributed by atoms with Crippen molar-refractivity contribution in [2.45, 2.75) is 33.2 Å². The number of nitrogens with one attached hydrogen (secondary N) is 2. The van der Waals surface area contributed by atoms with Gasteiger partial charge in [0.05, 0.1) is 5.56 Å². The molecule has 0 aliphatic rings. The van der Waals surface area contributed by atoms with Crippen molar-refractivity contribution in [3.05, 3.63) is 23.9 Å². The van der Waals surface area contributed by atoms with Gasteiger partial charge in [0.1, 0.15) is 11.9 Å². The number of rotatable bonds is 7. The number of amides is 2. The van der Waals surface area contributed by atoms with Gasteiger partial charge >= 0.3 is 0 Å². The second-order valence-electron chi connectivity index (χ2n) is 4.92. The lowest BCUT2D eigenvalue weighted by Gasteiger charge is -2.19. The van der Waals surface area contributed by atoms with E-state index in [1.54, 1.807) is 18.3 Å². The zero-order valence-electron chi connectivity index (χ0n) is 12.1. The molecule has 110 valence electrons. The first-order valence-corrected chi connectivity index (χ1v) is 6.76. The van der Waals surface area contributed by atoms with Crippen molar-refractivity contribution in [3.8, 4) is 0 Å². The minimum Gasteiger partial charge on any atom is -0.369 e. The Balaban J connectivity index is 2.88. The summed E-state index contributed by atoms with van der Waals surface area (Å²) in [6.45, 7) is 6.41. The van der Waals surface area contributed by atoms with Gasteiger partial charge in [-0.15, -0.1) is 0 Å². The lowest BCUT2D eigenvalue weighted by Crippen LogP contribution is -2.47. The number of carbonyl (C=O) groups excluding carboxylic acids is 2. The Bertz CT molecular complexity index is 474. The molecule has 2 amide bonds. The maximum Gasteiger partial charge on any atom is 0.255 e. The van der Waals surface area contributed by atoms with E-state index in [-0.39, 0.29) is 11.8 Å². The zero-order valence-corrected chi connectivity index (χ0v) is 12.1. The predicted molar refractivity (Wildman–Crippen MR) is 78.3 cm³/mol. The van der Waals surface area contributed by atoms with Gasteiger partial charge in [0.15, 0.2) is 0 Å². The number of pyridine rings is 1. The largest absolute Gasteiger partial charge is 0.369 e. The van der Waals surface area contributed by atoms with Gasteiger partial charge in [-0.05, 0) is 24.5 Å². The summed E-state index contributed by atoms with van der Waals surface area (Å²) in [5.74, 6) is -0.450. The van der Waals surface area contributed by atoms with Crippen molar-refractivity contribution in [2.24, 2.45) is 11.7 Å². The maximum absolute atomic E-state index is 12.2. The van der Waals surface area contributed by atoms with Crippen LogP contribution < -0.4 is 16.4 Å². The highest BCUT2D eigenvalue weighted by Gasteiger charge is 2.23. The van der Waals surface area contributed by atoms with E-state index >= 15 is 0 Å². The van der Waals surface area contributed by atoms with E-state index in [0.29, 0.717) is 11.4 Å². The van der Waals surface area contributed by atoms with Crippen LogP contribution in [0.25, 0.3) is 0 Å². The van der Waals surface area contributed by atoms with E-state index in [1.807, 2.05) is 20.8 Å². The molecule has 1 unspecified atom stereocenters. The summed E-state index contributed by atoms with van der Waals surface area (Å²) in [4.78, 5) is 27.7. The van der Waals surface area contributed by atoms with E-state index in [2.05, 4.69) is 15.6 Å². The predicted octanol–water partition coefficient (Wildman–Crippen LogP) is 1.14. The Morgan fingerprint density at radius 1 is 1.40 bits per heavy atom. The fourth-order valence-corrected chi connectivity index (χ4v) is 1.76. The molecule has 0 bridgehead atoms. The van der Waals surface area contributed by atoms with Crippen molar-refractivity contribution < 1.29 is 9.59 Å². The minimum atomic E-state index is -0.693. The molecule has 1 atom stereocenters. The number of anilines is 1. The Labute approximate surface area is 119 Å². The Hall–Kier alpha value is -2.11. The molecule has 0 aliphatic carbocycles. The molecule has 0 aromatic carbocycles. The van der Waals surface area contributed by atoms with E-state index in [4.69, 9.17) is 5.73 Å². The summed E-state index contributed by atoms with van der Waals surface area (Å²) in [5, 5.41) is 5.74. The molecule has 4 N–H and O–H groups in total. The normalized spacial score (nSPS) is 12.0. The van der Waals surface area contributed by atoms with Crippen LogP contribution in [0.5, 0.6) is 0 Å². The monoisotopic (exact) mass is 278 g/mol. The van der Waals surface area contributed by atoms with Crippen molar-refractivity contribution >= 4 is 17.6 Å². The van der Waals surface area contributed by atoms with E-state index in [0.717, 1.165) is 13.0 Å². The molecule has 6 heteroatoms. The summed E-state index contributed by atoms with van der Waals surface area (Å²) in [6, 6.07) is 2.65. The van der Waals surface area contributed by atoms with Crippen LogP contribution in [-0.4, -0.2) is 29.4 Å². The number of hydrogen-bond donors (Lipinski definition) is 3. The minimum absolute atomic E-state index is 0.0693. The summed E-state index contributed by atoms with van der Waals surface area (Å²) in [5.41, 5.74) is 5.71. The Morgan fingerprint density at radius 3 is 2.65 bits per heavy atom. The fraction of sp³-hybridized carbons (Fsp3) is 0.500. The number of carbonyl (C=O) groups is 2. The third kappa shape index (κ3) is 4.22. The van der Waals surface area contributed by atoms with Gasteiger partial charge in [0.2, 0.25) is 5.91 Å². The highest BCUT2D eigenvalue weighted by Crippen LogP contribution is 2.12. The van der Waals surface area contributed by atoms with Crippen molar-refractivity contribution in [3.63, 3.8) is 0 Å². The zero-order chi connectivity index (χ0) is 15.1. The van der Waals surface area contributed by atoms with E-state index in [9.17, 15) is 9.59 Å². The van der Waals surface area contributed by atoms with Crippen LogP contribution >= 0.6 is 0 Å². The van der Waals surface area contributed by atoms with Gasteiger partial charge in [0, 0.05) is 12.7 Å². The number of primary amides is 1. The van der Waals surface area contributed by atoms with E-state index in [1.165, 1.54) is 0 Å². The van der Waals surface area contributed by atoms with Gasteiger partial charge in [-0.3, -0.25) is 9.59 Å². The first-order valence-electron chi connectivity index (χ1n) is 6.76. The van der Waals surface area contributed by atoms with Crippen LogP contribution in [0.15, 0.2) is 18.3 Å². The fourth-order valence-electron chi connectivity index (χ4n) is 1.76. The summed E-state index contributed by atoms with van der Waals surface area (Å²) >= 11 is 0. The summed E-state index contributed by atoms with van der Waals surface area (Å²) < 4.78 is 0. The van der Waals surface area contributed by atoms with Crippen LogP contribution in [0.4, 0.5) is 5.82 Å². The summed E-state index contributed by atoms with van der Waals surface area (Å²) in [6.07, 6.45) is 2.54. The smallest absolute Gasteiger partial charge is 0.255 e. The maximum atomic E-state index is 12.2. The van der Waals surface area contributed by atoms with Crippen LogP contribution in [-0.2, 0) is 4.79 Å². The second-order valence-corrected chi connectivity index (χ2v) is 4.92. The number of hydrogen-bond acceptors (Lipinski definition) is 4. The molecular weight excluding hydrogens is 256 g/mol. The topological polar surface area (TPSA) is 97.1 Å². The molecule has 1 rings (SSSR count).